The molecule has 2 aliphatic heterocycles. The van der Waals surface area contributed by atoms with Crippen molar-refractivity contribution < 1.29 is 24.3 Å². The number of ether oxygens (including phenoxy) is 1. The quantitative estimate of drug-likeness (QED) is 0.610. The van der Waals surface area contributed by atoms with Gasteiger partial charge in [-0.15, -0.1) is 0 Å². The number of fused-ring (bicyclic) bond motifs is 1. The van der Waals surface area contributed by atoms with Gasteiger partial charge in [-0.2, -0.15) is 0 Å². The molecule has 0 saturated carbocycles. The van der Waals surface area contributed by atoms with E-state index in [0.29, 0.717) is 19.3 Å². The van der Waals surface area contributed by atoms with Gasteiger partial charge in [0.2, 0.25) is 0 Å². The number of hydrogen-bond donors (Lipinski definition) is 2. The summed E-state index contributed by atoms with van der Waals surface area (Å²) in [5, 5.41) is 19.1. The van der Waals surface area contributed by atoms with Crippen LogP contribution >= 0.6 is 0 Å². The van der Waals surface area contributed by atoms with E-state index in [4.69, 9.17) is 9.39 Å². The molecule has 2 heterocycles. The zero-order valence-corrected chi connectivity index (χ0v) is 12.9. The van der Waals surface area contributed by atoms with Gasteiger partial charge < -0.3 is 19.5 Å². The molecule has 0 bridgehead atoms. The van der Waals surface area contributed by atoms with Crippen molar-refractivity contribution in [2.24, 2.45) is 0 Å². The van der Waals surface area contributed by atoms with E-state index in [0.717, 1.165) is 25.2 Å². The van der Waals surface area contributed by atoms with Crippen LogP contribution < -0.4 is 9.39 Å². The van der Waals surface area contributed by atoms with Crippen molar-refractivity contribution in [1.82, 2.24) is 4.90 Å². The molecule has 2 aliphatic rings. The highest BCUT2D eigenvalue weighted by atomic mass is 16.5. The second-order valence-corrected chi connectivity index (χ2v) is 5.78. The van der Waals surface area contributed by atoms with Crippen molar-refractivity contribution in [3.63, 3.8) is 0 Å². The average Bonchev–Trinajstić information content (AvgIpc) is 2.47. The zero-order chi connectivity index (χ0) is 16.2. The van der Waals surface area contributed by atoms with Crippen LogP contribution in [-0.4, -0.2) is 54.4 Å². The number of carboxylic acids is 1. The molecule has 2 N–H and O–H groups in total. The van der Waals surface area contributed by atoms with Gasteiger partial charge in [0, 0.05) is 6.54 Å². The molecular formula is C16H20BNO5. The normalized spacial score (nSPS) is 17.5. The average molecular weight is 317 g/mol. The molecular weight excluding hydrogens is 297 g/mol. The van der Waals surface area contributed by atoms with Gasteiger partial charge in [0.15, 0.2) is 0 Å². The smallest absolute Gasteiger partial charge is 0.522 e. The number of likely N-dealkylation sites (tertiary alicyclic amines) is 1. The molecule has 6 nitrogen and oxygen atoms in total. The highest BCUT2D eigenvalue weighted by Gasteiger charge is 2.29. The number of aryl methyl sites for hydroxylation is 1. The predicted octanol–water partition coefficient (Wildman–Crippen LogP) is 1.44. The van der Waals surface area contributed by atoms with Crippen LogP contribution in [0.2, 0.25) is 6.32 Å². The first-order valence-electron chi connectivity index (χ1n) is 7.89. The third-order valence-corrected chi connectivity index (χ3v) is 4.14. The molecule has 0 aromatic heterocycles. The molecule has 23 heavy (non-hydrogen) atoms. The Kier molecular flexibility index (Phi) is 4.88. The second kappa shape index (κ2) is 7.06. The maximum absolute atomic E-state index is 11.6. The van der Waals surface area contributed by atoms with Gasteiger partial charge >= 0.3 is 13.1 Å². The minimum Gasteiger partial charge on any atom is -0.535 e. The highest BCUT2D eigenvalue weighted by molar-refractivity contribution is 6.44. The molecule has 122 valence electrons. The Hall–Kier alpha value is -1.99. The van der Waals surface area contributed by atoms with E-state index >= 15 is 0 Å². The molecule has 0 spiro atoms. The lowest BCUT2D eigenvalue weighted by molar-refractivity contribution is 0.0690. The summed E-state index contributed by atoms with van der Waals surface area (Å²) < 4.78 is 10.9. The van der Waals surface area contributed by atoms with E-state index in [1.807, 2.05) is 12.2 Å². The van der Waals surface area contributed by atoms with Crippen molar-refractivity contribution in [3.05, 3.63) is 35.4 Å². The fourth-order valence-electron chi connectivity index (χ4n) is 2.73. The van der Waals surface area contributed by atoms with E-state index in [1.54, 1.807) is 12.1 Å². The maximum atomic E-state index is 11.6. The van der Waals surface area contributed by atoms with Gasteiger partial charge in [0.05, 0.1) is 0 Å². The minimum atomic E-state index is -1.12. The number of carbonyl (C=O) groups is 1. The highest BCUT2D eigenvalue weighted by Crippen LogP contribution is 2.36. The summed E-state index contributed by atoms with van der Waals surface area (Å²) in [4.78, 5) is 13.9. The van der Waals surface area contributed by atoms with Crippen molar-refractivity contribution >= 4 is 13.1 Å². The number of carboxylic acid groups (broad SMARTS) is 1. The van der Waals surface area contributed by atoms with Gasteiger partial charge in [-0.3, -0.25) is 4.90 Å². The number of benzene rings is 1. The van der Waals surface area contributed by atoms with E-state index in [9.17, 15) is 14.9 Å². The van der Waals surface area contributed by atoms with Gasteiger partial charge in [0.25, 0.3) is 0 Å². The van der Waals surface area contributed by atoms with Gasteiger partial charge in [-0.1, -0.05) is 18.2 Å². The first-order valence-corrected chi connectivity index (χ1v) is 7.89. The van der Waals surface area contributed by atoms with Crippen LogP contribution in [0.15, 0.2) is 24.3 Å². The molecule has 0 amide bonds. The van der Waals surface area contributed by atoms with Crippen molar-refractivity contribution in [2.45, 2.75) is 19.2 Å². The van der Waals surface area contributed by atoms with Crippen LogP contribution in [0.25, 0.3) is 0 Å². The Bertz CT molecular complexity index is 615. The molecule has 1 aromatic carbocycles. The van der Waals surface area contributed by atoms with Crippen LogP contribution in [0.5, 0.6) is 11.5 Å². The standard InChI is InChI=1S/C16H20BNO5/c19-16(20)14-13(22-11-2-1-8-18-9-3-10-18)5-4-12-6-7-17(21)23-15(12)14/h1-2,4-5,21H,3,6-11H2,(H,19,20)/b2-1+. The number of aromatic carboxylic acids is 1. The van der Waals surface area contributed by atoms with Crippen LogP contribution in [0.3, 0.4) is 0 Å². The Morgan fingerprint density at radius 3 is 2.91 bits per heavy atom. The minimum absolute atomic E-state index is 0.0163. The SMILES string of the molecule is O=C(O)c1c(OC/C=C/CN2CCC2)ccc2c1OB(O)CC2. The van der Waals surface area contributed by atoms with Crippen LogP contribution in [0, 0.1) is 0 Å². The Labute approximate surface area is 135 Å². The monoisotopic (exact) mass is 317 g/mol. The third-order valence-electron chi connectivity index (χ3n) is 4.14. The summed E-state index contributed by atoms with van der Waals surface area (Å²) in [5.41, 5.74) is 0.769. The van der Waals surface area contributed by atoms with E-state index in [2.05, 4.69) is 4.90 Å². The molecule has 0 radical (unpaired) electrons. The molecule has 7 heteroatoms. The summed E-state index contributed by atoms with van der Waals surface area (Å²) in [5.74, 6) is -0.632. The van der Waals surface area contributed by atoms with Gasteiger partial charge in [-0.25, -0.2) is 4.79 Å². The lowest BCUT2D eigenvalue weighted by atomic mass is 9.78. The molecule has 3 rings (SSSR count). The number of hydrogen-bond acceptors (Lipinski definition) is 5. The lowest BCUT2D eigenvalue weighted by Crippen LogP contribution is -2.36. The topological polar surface area (TPSA) is 79.2 Å². The predicted molar refractivity (Wildman–Crippen MR) is 86.2 cm³/mol. The van der Waals surface area contributed by atoms with Crippen molar-refractivity contribution in [1.29, 1.82) is 0 Å². The first-order chi connectivity index (χ1) is 11.1. The third kappa shape index (κ3) is 3.68. The Balaban J connectivity index is 1.68. The fraction of sp³-hybridized carbons (Fsp3) is 0.438. The number of nitrogens with zero attached hydrogens (tertiary/aromatic N) is 1. The van der Waals surface area contributed by atoms with Gasteiger partial charge in [0.1, 0.15) is 23.7 Å². The molecule has 1 aromatic rings. The van der Waals surface area contributed by atoms with Crippen molar-refractivity contribution in [2.75, 3.05) is 26.2 Å². The van der Waals surface area contributed by atoms with E-state index < -0.39 is 13.1 Å². The molecule has 1 fully saturated rings. The van der Waals surface area contributed by atoms with Crippen molar-refractivity contribution in [3.8, 4) is 11.5 Å². The van der Waals surface area contributed by atoms with Crippen LogP contribution in [0.1, 0.15) is 22.3 Å². The Morgan fingerprint density at radius 1 is 1.39 bits per heavy atom. The number of rotatable bonds is 6. The molecule has 1 saturated heterocycles. The summed E-state index contributed by atoms with van der Waals surface area (Å²) in [6.45, 7) is 3.47. The summed E-state index contributed by atoms with van der Waals surface area (Å²) in [7, 11) is -0.965. The fourth-order valence-corrected chi connectivity index (χ4v) is 2.73. The maximum Gasteiger partial charge on any atom is 0.522 e. The molecule has 0 aliphatic carbocycles. The lowest BCUT2D eigenvalue weighted by Gasteiger charge is -2.29. The van der Waals surface area contributed by atoms with Gasteiger partial charge in [-0.05, 0) is 43.9 Å². The first kappa shape index (κ1) is 15.9. The molecule has 0 atom stereocenters. The molecule has 0 unspecified atom stereocenters. The largest absolute Gasteiger partial charge is 0.535 e. The summed E-state index contributed by atoms with van der Waals surface area (Å²) in [6.07, 6.45) is 6.23. The van der Waals surface area contributed by atoms with E-state index in [-0.39, 0.29) is 17.1 Å². The second-order valence-electron chi connectivity index (χ2n) is 5.78. The zero-order valence-electron chi connectivity index (χ0n) is 12.9. The summed E-state index contributed by atoms with van der Waals surface area (Å²) in [6, 6.07) is 3.46. The van der Waals surface area contributed by atoms with E-state index in [1.165, 1.54) is 6.42 Å². The summed E-state index contributed by atoms with van der Waals surface area (Å²) >= 11 is 0. The Morgan fingerprint density at radius 2 is 2.22 bits per heavy atom. The van der Waals surface area contributed by atoms with Crippen LogP contribution in [-0.2, 0) is 6.42 Å². The van der Waals surface area contributed by atoms with Crippen LogP contribution in [0.4, 0.5) is 0 Å².